The molecule has 0 aliphatic carbocycles. The Hall–Kier alpha value is -5.96. The standard InChI is InChI=1S/C48H64F2N8O10/c1-23(51-7)45(61)55-41(25(3)65-9)47(63)57-17-15-39(67-27(5)59)37(57)21-33-31-13-11-29(49)19-35(31)53-43(33)44-34(32-14-12-30(50)20-36(32)54-44)22-38-40(68-28(6)60)16-18-58(38)48(64)42(26(4)66-10)56-46(62)24(2)52-8/h11-14,19-20,23-26,37-42,51-54H,15-18,21-22H2,1-10H3,(H,55,61)(H,56,62)/t23-,24-,25+,26?,37+,38+,39-,40-,41-,42?/m0/s1. The second-order valence-electron chi connectivity index (χ2n) is 17.7. The number of nitrogens with zero attached hydrogens (tertiary/aromatic N) is 2. The summed E-state index contributed by atoms with van der Waals surface area (Å²) < 4.78 is 53.1. The summed E-state index contributed by atoms with van der Waals surface area (Å²) in [5, 5.41) is 12.6. The Labute approximate surface area is 393 Å². The maximum absolute atomic E-state index is 15.1. The number of likely N-dealkylation sites (N-methyl/N-ethyl adjacent to an activating group) is 2. The zero-order valence-corrected chi connectivity index (χ0v) is 40.2. The van der Waals surface area contributed by atoms with E-state index in [4.69, 9.17) is 18.9 Å². The van der Waals surface area contributed by atoms with Gasteiger partial charge in [0.15, 0.2) is 0 Å². The fourth-order valence-corrected chi connectivity index (χ4v) is 9.31. The topological polar surface area (TPSA) is 226 Å². The van der Waals surface area contributed by atoms with E-state index in [1.807, 2.05) is 0 Å². The van der Waals surface area contributed by atoms with Crippen LogP contribution in [-0.4, -0.2) is 157 Å². The van der Waals surface area contributed by atoms with Gasteiger partial charge in [0.1, 0.15) is 35.9 Å². The summed E-state index contributed by atoms with van der Waals surface area (Å²) in [7, 11) is 6.10. The lowest BCUT2D eigenvalue weighted by Crippen LogP contribution is -2.58. The summed E-state index contributed by atoms with van der Waals surface area (Å²) in [4.78, 5) is 90.9. The SMILES string of the molecule is CN[C@@H](C)C(=O)NC(C(=O)N1CC[C@H](OC(C)=O)[C@H]1Cc1c(-c2[nH]c3cc(F)ccc3c2C[C@@H]2[C@@H](OC(C)=O)CCN2C(=O)[C@@H](NC(=O)[C@H](C)NC)[C@@H](C)OC)[nH]c2cc(F)ccc12)C(C)OC. The van der Waals surface area contributed by atoms with E-state index in [1.165, 1.54) is 52.3 Å². The van der Waals surface area contributed by atoms with E-state index in [2.05, 4.69) is 31.2 Å². The highest BCUT2D eigenvalue weighted by Gasteiger charge is 2.46. The van der Waals surface area contributed by atoms with Crippen molar-refractivity contribution in [1.29, 1.82) is 0 Å². The molecule has 6 rings (SSSR count). The lowest BCUT2D eigenvalue weighted by atomic mass is 9.93. The van der Waals surface area contributed by atoms with E-state index in [-0.39, 0.29) is 38.8 Å². The molecule has 4 aromatic rings. The van der Waals surface area contributed by atoms with Crippen molar-refractivity contribution < 1.29 is 56.5 Å². The maximum Gasteiger partial charge on any atom is 0.302 e. The molecule has 0 saturated carbocycles. The highest BCUT2D eigenvalue weighted by atomic mass is 19.1. The van der Waals surface area contributed by atoms with Gasteiger partial charge in [-0.3, -0.25) is 28.8 Å². The number of fused-ring (bicyclic) bond motifs is 2. The first-order chi connectivity index (χ1) is 32.3. The van der Waals surface area contributed by atoms with Gasteiger partial charge in [0.2, 0.25) is 23.6 Å². The van der Waals surface area contributed by atoms with Crippen molar-refractivity contribution in [3.63, 3.8) is 0 Å². The van der Waals surface area contributed by atoms with Crippen molar-refractivity contribution in [1.82, 2.24) is 41.0 Å². The lowest BCUT2D eigenvalue weighted by molar-refractivity contribution is -0.150. The van der Waals surface area contributed by atoms with Crippen molar-refractivity contribution in [2.24, 2.45) is 0 Å². The zero-order chi connectivity index (χ0) is 49.7. The molecule has 2 aromatic carbocycles. The van der Waals surface area contributed by atoms with Crippen molar-refractivity contribution >= 4 is 57.4 Å². The summed E-state index contributed by atoms with van der Waals surface area (Å²) in [6, 6.07) is 3.36. The Kier molecular flexibility index (Phi) is 16.6. The van der Waals surface area contributed by atoms with E-state index in [1.54, 1.807) is 63.7 Å². The molecule has 4 amide bonds. The number of carbonyl (C=O) groups excluding carboxylic acids is 6. The van der Waals surface area contributed by atoms with Crippen LogP contribution in [0.3, 0.4) is 0 Å². The summed E-state index contributed by atoms with van der Waals surface area (Å²) in [5.74, 6) is -3.99. The molecule has 0 spiro atoms. The molecule has 2 unspecified atom stereocenters. The summed E-state index contributed by atoms with van der Waals surface area (Å²) in [5.41, 5.74) is 2.84. The van der Waals surface area contributed by atoms with Crippen molar-refractivity contribution in [3.05, 3.63) is 59.2 Å². The number of ether oxygens (including phenoxy) is 4. The van der Waals surface area contributed by atoms with Crippen LogP contribution in [-0.2, 0) is 60.6 Å². The fraction of sp³-hybridized carbons (Fsp3) is 0.542. The van der Waals surface area contributed by atoms with Gasteiger partial charge >= 0.3 is 11.9 Å². The van der Waals surface area contributed by atoms with Crippen LogP contribution in [0.25, 0.3) is 33.2 Å². The molecule has 2 aliphatic rings. The molecule has 2 aliphatic heterocycles. The van der Waals surface area contributed by atoms with Gasteiger partial charge in [-0.2, -0.15) is 0 Å². The zero-order valence-electron chi connectivity index (χ0n) is 40.2. The molecule has 68 heavy (non-hydrogen) atoms. The third-order valence-electron chi connectivity index (χ3n) is 13.4. The number of carbonyl (C=O) groups is 6. The molecule has 20 heteroatoms. The Balaban J connectivity index is 1.50. The lowest BCUT2D eigenvalue weighted by Gasteiger charge is -2.34. The molecular formula is C48H64F2N8O10. The van der Waals surface area contributed by atoms with Gasteiger partial charge in [-0.1, -0.05) is 0 Å². The van der Waals surface area contributed by atoms with Crippen molar-refractivity contribution in [2.45, 2.75) is 128 Å². The Morgan fingerprint density at radius 1 is 0.647 bits per heavy atom. The van der Waals surface area contributed by atoms with E-state index in [0.717, 1.165) is 0 Å². The first kappa shape index (κ1) is 51.4. The third-order valence-corrected chi connectivity index (χ3v) is 13.4. The van der Waals surface area contributed by atoms with Crippen molar-refractivity contribution in [2.75, 3.05) is 41.4 Å². The van der Waals surface area contributed by atoms with Crippen LogP contribution in [0, 0.1) is 11.6 Å². The number of rotatable bonds is 19. The van der Waals surface area contributed by atoms with Crippen LogP contribution in [0.2, 0.25) is 0 Å². The molecule has 0 bridgehead atoms. The summed E-state index contributed by atoms with van der Waals surface area (Å²) >= 11 is 0. The summed E-state index contributed by atoms with van der Waals surface area (Å²) in [6.45, 7) is 9.52. The molecule has 6 N–H and O–H groups in total. The van der Waals surface area contributed by atoms with E-state index >= 15 is 8.78 Å². The number of nitrogens with one attached hydrogen (secondary N) is 6. The molecule has 370 valence electrons. The number of amides is 4. The average Bonchev–Trinajstić information content (AvgIpc) is 4.08. The second kappa shape index (κ2) is 22.0. The number of hydrogen-bond donors (Lipinski definition) is 6. The number of likely N-dealkylation sites (tertiary alicyclic amines) is 2. The van der Waals surface area contributed by atoms with Crippen LogP contribution in [0.1, 0.15) is 65.5 Å². The Morgan fingerprint density at radius 3 is 1.34 bits per heavy atom. The maximum atomic E-state index is 15.1. The number of benzene rings is 2. The van der Waals surface area contributed by atoms with Crippen LogP contribution in [0.4, 0.5) is 8.78 Å². The Morgan fingerprint density at radius 2 is 1.01 bits per heavy atom. The van der Waals surface area contributed by atoms with Crippen LogP contribution >= 0.6 is 0 Å². The third kappa shape index (κ3) is 11.0. The van der Waals surface area contributed by atoms with E-state index in [9.17, 15) is 28.8 Å². The normalized spacial score (nSPS) is 21.0. The largest absolute Gasteiger partial charge is 0.460 e. The van der Waals surface area contributed by atoms with Crippen molar-refractivity contribution in [3.8, 4) is 11.4 Å². The minimum Gasteiger partial charge on any atom is -0.460 e. The summed E-state index contributed by atoms with van der Waals surface area (Å²) in [6.07, 6.45) is -2.46. The predicted molar refractivity (Wildman–Crippen MR) is 248 cm³/mol. The molecule has 0 radical (unpaired) electrons. The second-order valence-corrected chi connectivity index (χ2v) is 17.7. The number of hydrogen-bond acceptors (Lipinski definition) is 12. The smallest absolute Gasteiger partial charge is 0.302 e. The van der Waals surface area contributed by atoms with Gasteiger partial charge in [0.05, 0.1) is 47.8 Å². The number of H-pyrrole nitrogens is 2. The molecule has 18 nitrogen and oxygen atoms in total. The van der Waals surface area contributed by atoms with E-state index in [0.29, 0.717) is 44.3 Å². The number of halogens is 2. The van der Waals surface area contributed by atoms with E-state index < -0.39 is 108 Å². The molecule has 2 aromatic heterocycles. The molecular weight excluding hydrogens is 887 g/mol. The highest BCUT2D eigenvalue weighted by molar-refractivity contribution is 5.97. The quantitative estimate of drug-likeness (QED) is 0.0747. The van der Waals surface area contributed by atoms with Gasteiger partial charge in [-0.05, 0) is 102 Å². The monoisotopic (exact) mass is 950 g/mol. The highest BCUT2D eigenvalue weighted by Crippen LogP contribution is 2.40. The first-order valence-corrected chi connectivity index (χ1v) is 22.9. The molecule has 2 saturated heterocycles. The molecule has 10 atom stereocenters. The first-order valence-electron chi connectivity index (χ1n) is 22.9. The Bertz CT molecular complexity index is 2340. The molecule has 2 fully saturated rings. The van der Waals surface area contributed by atoms with Gasteiger partial charge in [-0.15, -0.1) is 0 Å². The number of aromatic nitrogens is 2. The van der Waals surface area contributed by atoms with Gasteiger partial charge < -0.3 is 60.0 Å². The number of esters is 2. The van der Waals surface area contributed by atoms with Crippen LogP contribution < -0.4 is 21.3 Å². The minimum atomic E-state index is -1.12. The van der Waals surface area contributed by atoms with Crippen LogP contribution in [0.5, 0.6) is 0 Å². The number of aromatic amines is 2. The fourth-order valence-electron chi connectivity index (χ4n) is 9.31. The van der Waals surface area contributed by atoms with Gasteiger partial charge in [-0.25, -0.2) is 8.78 Å². The van der Waals surface area contributed by atoms with Crippen LogP contribution in [0.15, 0.2) is 36.4 Å². The predicted octanol–water partition coefficient (Wildman–Crippen LogP) is 3.00. The minimum absolute atomic E-state index is 0.0498. The van der Waals surface area contributed by atoms with Gasteiger partial charge in [0.25, 0.3) is 0 Å². The average molecular weight is 951 g/mol. The molecule has 4 heterocycles. The van der Waals surface area contributed by atoms with Gasteiger partial charge in [0, 0.05) is 75.8 Å². The number of methoxy groups -OCH3 is 2.